The number of anilines is 2. The molecule has 42 heavy (non-hydrogen) atoms. The van der Waals surface area contributed by atoms with Crippen molar-refractivity contribution in [1.82, 2.24) is 14.7 Å². The van der Waals surface area contributed by atoms with Crippen molar-refractivity contribution in [1.29, 1.82) is 0 Å². The maximum absolute atomic E-state index is 14.2. The number of hydrogen-bond acceptors (Lipinski definition) is 4. The van der Waals surface area contributed by atoms with Gasteiger partial charge in [-0.1, -0.05) is 11.6 Å². The summed E-state index contributed by atoms with van der Waals surface area (Å²) < 4.78 is 69.9. The van der Waals surface area contributed by atoms with Gasteiger partial charge in [-0.3, -0.25) is 14.0 Å². The van der Waals surface area contributed by atoms with Crippen molar-refractivity contribution in [3.05, 3.63) is 118 Å². The third-order valence-corrected chi connectivity index (χ3v) is 7.21. The Morgan fingerprint density at radius 1 is 1.00 bits per heavy atom. The van der Waals surface area contributed by atoms with Gasteiger partial charge in [-0.25, -0.2) is 13.8 Å². The van der Waals surface area contributed by atoms with Crippen LogP contribution >= 0.6 is 11.6 Å². The van der Waals surface area contributed by atoms with E-state index >= 15 is 0 Å². The van der Waals surface area contributed by atoms with Crippen LogP contribution in [0.3, 0.4) is 0 Å². The van der Waals surface area contributed by atoms with Crippen molar-refractivity contribution in [2.24, 2.45) is 0 Å². The molecule has 7 nitrogen and oxygen atoms in total. The van der Waals surface area contributed by atoms with Crippen LogP contribution < -0.4 is 16.4 Å². The Balaban J connectivity index is 1.52. The Morgan fingerprint density at radius 3 is 2.55 bits per heavy atom. The average molecular weight is 598 g/mol. The Kier molecular flexibility index (Phi) is 6.38. The predicted octanol–water partition coefficient (Wildman–Crippen LogP) is 6.62. The van der Waals surface area contributed by atoms with Gasteiger partial charge in [0.05, 0.1) is 17.8 Å². The molecule has 0 bridgehead atoms. The quantitative estimate of drug-likeness (QED) is 0.203. The van der Waals surface area contributed by atoms with Gasteiger partial charge in [-0.15, -0.1) is 0 Å². The number of nitrogens with one attached hydrogen (secondary N) is 2. The maximum atomic E-state index is 14.2. The minimum Gasteiger partial charge on any atom is -0.383 e. The lowest BCUT2D eigenvalue weighted by molar-refractivity contribution is -0.137. The lowest BCUT2D eigenvalue weighted by Gasteiger charge is -2.19. The van der Waals surface area contributed by atoms with E-state index in [-0.39, 0.29) is 33.5 Å². The molecule has 2 aromatic heterocycles. The van der Waals surface area contributed by atoms with Crippen molar-refractivity contribution >= 4 is 40.6 Å². The summed E-state index contributed by atoms with van der Waals surface area (Å²) in [5.74, 6) is -3.20. The number of alkyl halides is 3. The molecule has 13 heteroatoms. The van der Waals surface area contributed by atoms with Gasteiger partial charge >= 0.3 is 6.18 Å². The zero-order chi connectivity index (χ0) is 29.9. The molecule has 5 aromatic rings. The van der Waals surface area contributed by atoms with Crippen molar-refractivity contribution in [2.45, 2.75) is 12.2 Å². The average Bonchev–Trinajstić information content (AvgIpc) is 3.48. The van der Waals surface area contributed by atoms with Crippen LogP contribution in [0.15, 0.2) is 73.1 Å². The monoisotopic (exact) mass is 597 g/mol. The SMILES string of the molecule is Nc1cnc2ccc(-c3cc(NC(=O)c4cc(F)cc(C(F)(F)F)c4)c4c(c3)C(=O)NC4c3cc(F)ccc3Cl)cn12. The molecule has 1 unspecified atom stereocenters. The first-order chi connectivity index (χ1) is 19.9. The summed E-state index contributed by atoms with van der Waals surface area (Å²) >= 11 is 6.33. The van der Waals surface area contributed by atoms with E-state index in [1.54, 1.807) is 28.8 Å². The first-order valence-corrected chi connectivity index (χ1v) is 12.6. The molecular weight excluding hydrogens is 581 g/mol. The topological polar surface area (TPSA) is 102 Å². The number of hydrogen-bond donors (Lipinski definition) is 3. The lowest BCUT2D eigenvalue weighted by atomic mass is 9.93. The molecule has 212 valence electrons. The van der Waals surface area contributed by atoms with Crippen molar-refractivity contribution in [3.8, 4) is 11.1 Å². The van der Waals surface area contributed by atoms with E-state index in [2.05, 4.69) is 15.6 Å². The number of aromatic nitrogens is 2. The Hall–Kier alpha value is -4.97. The molecule has 3 heterocycles. The van der Waals surface area contributed by atoms with Gasteiger partial charge in [-0.05, 0) is 71.8 Å². The van der Waals surface area contributed by atoms with Crippen LogP contribution in [0.5, 0.6) is 0 Å². The van der Waals surface area contributed by atoms with E-state index < -0.39 is 46.8 Å². The van der Waals surface area contributed by atoms with Crippen LogP contribution in [-0.2, 0) is 6.18 Å². The fraction of sp³-hybridized carbons (Fsp3) is 0.0690. The number of nitrogen functional groups attached to an aromatic ring is 1. The molecule has 0 radical (unpaired) electrons. The number of carbonyl (C=O) groups excluding carboxylic acids is 2. The van der Waals surface area contributed by atoms with Gasteiger partial charge in [-0.2, -0.15) is 13.2 Å². The van der Waals surface area contributed by atoms with Gasteiger partial charge < -0.3 is 16.4 Å². The van der Waals surface area contributed by atoms with Gasteiger partial charge in [0.15, 0.2) is 0 Å². The van der Waals surface area contributed by atoms with E-state index in [1.165, 1.54) is 18.3 Å². The Bertz CT molecular complexity index is 1940. The summed E-state index contributed by atoms with van der Waals surface area (Å²) in [6.07, 6.45) is -1.79. The molecule has 1 aliphatic heterocycles. The third-order valence-electron chi connectivity index (χ3n) is 6.86. The smallest absolute Gasteiger partial charge is 0.383 e. The molecule has 0 spiro atoms. The number of halogens is 6. The normalized spacial score (nSPS) is 14.6. The summed E-state index contributed by atoms with van der Waals surface area (Å²) in [4.78, 5) is 30.6. The van der Waals surface area contributed by atoms with E-state index in [9.17, 15) is 31.5 Å². The number of fused-ring (bicyclic) bond motifs is 2. The molecule has 0 aliphatic carbocycles. The molecule has 0 fully saturated rings. The maximum Gasteiger partial charge on any atom is 0.416 e. The highest BCUT2D eigenvalue weighted by atomic mass is 35.5. The van der Waals surface area contributed by atoms with Crippen LogP contribution in [0, 0.1) is 11.6 Å². The number of rotatable bonds is 4. The summed E-state index contributed by atoms with van der Waals surface area (Å²) in [7, 11) is 0. The highest BCUT2D eigenvalue weighted by Crippen LogP contribution is 2.42. The number of pyridine rings is 1. The lowest BCUT2D eigenvalue weighted by Crippen LogP contribution is -2.21. The number of benzene rings is 3. The van der Waals surface area contributed by atoms with E-state index in [0.29, 0.717) is 34.7 Å². The zero-order valence-corrected chi connectivity index (χ0v) is 21.8. The molecular formula is C29H17ClF5N5O2. The molecule has 1 aliphatic rings. The number of nitrogens with two attached hydrogens (primary N) is 1. The van der Waals surface area contributed by atoms with E-state index in [0.717, 1.165) is 12.1 Å². The standard InChI is InChI=1S/C29H17ClF5N5O2/c30-21-3-2-17(31)10-19(21)26-25-20(28(42)39-26)7-14(13-1-4-24-37-11-23(36)40(24)12-13)8-22(25)38-27(41)15-5-16(29(33,34)35)9-18(32)6-15/h1-12,26H,36H2,(H,38,41)(H,39,42). The summed E-state index contributed by atoms with van der Waals surface area (Å²) in [5, 5.41) is 5.37. The van der Waals surface area contributed by atoms with Crippen molar-refractivity contribution < 1.29 is 31.5 Å². The molecule has 1 atom stereocenters. The van der Waals surface area contributed by atoms with Crippen LogP contribution in [0.25, 0.3) is 16.8 Å². The largest absolute Gasteiger partial charge is 0.416 e. The third kappa shape index (κ3) is 4.79. The summed E-state index contributed by atoms with van der Waals surface area (Å²) in [6.45, 7) is 0. The highest BCUT2D eigenvalue weighted by molar-refractivity contribution is 6.31. The molecule has 2 amide bonds. The molecule has 0 saturated heterocycles. The summed E-state index contributed by atoms with van der Waals surface area (Å²) in [6, 6.07) is 10.4. The second-order valence-corrected chi connectivity index (χ2v) is 9.97. The van der Waals surface area contributed by atoms with Crippen LogP contribution in [0.1, 0.15) is 43.4 Å². The fourth-order valence-electron chi connectivity index (χ4n) is 4.92. The van der Waals surface area contributed by atoms with Gasteiger partial charge in [0, 0.05) is 39.2 Å². The second kappa shape index (κ2) is 9.84. The second-order valence-electron chi connectivity index (χ2n) is 9.57. The van der Waals surface area contributed by atoms with Crippen molar-refractivity contribution in [3.63, 3.8) is 0 Å². The van der Waals surface area contributed by atoms with Gasteiger partial charge in [0.1, 0.15) is 23.1 Å². The summed E-state index contributed by atoms with van der Waals surface area (Å²) in [5.41, 5.74) is 6.05. The van der Waals surface area contributed by atoms with Crippen molar-refractivity contribution in [2.75, 3.05) is 11.1 Å². The Labute approximate surface area is 238 Å². The number of imidazole rings is 1. The minimum atomic E-state index is -4.90. The van der Waals surface area contributed by atoms with Crippen LogP contribution in [0.2, 0.25) is 5.02 Å². The van der Waals surface area contributed by atoms with E-state index in [4.69, 9.17) is 17.3 Å². The molecule has 4 N–H and O–H groups in total. The number of nitrogens with zero attached hydrogens (tertiary/aromatic N) is 2. The minimum absolute atomic E-state index is 0.00713. The first kappa shape index (κ1) is 27.2. The van der Waals surface area contributed by atoms with Gasteiger partial charge in [0.2, 0.25) is 0 Å². The van der Waals surface area contributed by atoms with Crippen LogP contribution in [-0.4, -0.2) is 21.2 Å². The van der Waals surface area contributed by atoms with Crippen LogP contribution in [0.4, 0.5) is 33.5 Å². The number of carbonyl (C=O) groups is 2. The molecule has 0 saturated carbocycles. The highest BCUT2D eigenvalue weighted by Gasteiger charge is 2.36. The van der Waals surface area contributed by atoms with E-state index in [1.807, 2.05) is 0 Å². The zero-order valence-electron chi connectivity index (χ0n) is 21.1. The number of amides is 2. The fourth-order valence-corrected chi connectivity index (χ4v) is 5.15. The molecule has 6 rings (SSSR count). The molecule has 3 aromatic carbocycles. The first-order valence-electron chi connectivity index (χ1n) is 12.2. The van der Waals surface area contributed by atoms with Gasteiger partial charge in [0.25, 0.3) is 11.8 Å². The predicted molar refractivity (Wildman–Crippen MR) is 145 cm³/mol. The Morgan fingerprint density at radius 2 is 1.79 bits per heavy atom.